The molecule has 0 fully saturated rings. The summed E-state index contributed by atoms with van der Waals surface area (Å²) in [4.78, 5) is 4.89. The number of nitrogens with zero attached hydrogens (tertiary/aromatic N) is 2. The first-order valence-corrected chi connectivity index (χ1v) is 11.7. The fourth-order valence-electron chi connectivity index (χ4n) is 4.13. The molecule has 4 rings (SSSR count). The molecule has 0 radical (unpaired) electrons. The molecule has 156 valence electrons. The lowest BCUT2D eigenvalue weighted by Crippen LogP contribution is -2.12. The van der Waals surface area contributed by atoms with Crippen LogP contribution in [-0.2, 0) is 17.0 Å². The maximum Gasteiger partial charge on any atom is 0.233 e. The Morgan fingerprint density at radius 1 is 1.00 bits per heavy atom. The molecule has 0 aliphatic carbocycles. The van der Waals surface area contributed by atoms with Crippen LogP contribution in [0.2, 0.25) is 0 Å². The van der Waals surface area contributed by atoms with Gasteiger partial charge in [0.1, 0.15) is 12.3 Å². The van der Waals surface area contributed by atoms with Crippen LogP contribution in [0.3, 0.4) is 0 Å². The Bertz CT molecular complexity index is 1040. The smallest absolute Gasteiger partial charge is 0.233 e. The van der Waals surface area contributed by atoms with Crippen molar-refractivity contribution in [1.82, 2.24) is 4.57 Å². The monoisotopic (exact) mass is 418 g/mol. The van der Waals surface area contributed by atoms with Crippen LogP contribution in [-0.4, -0.2) is 28.9 Å². The second-order valence-electron chi connectivity index (χ2n) is 8.30. The Balaban J connectivity index is 1.41. The summed E-state index contributed by atoms with van der Waals surface area (Å²) in [5.41, 5.74) is 9.13. The number of aliphatic imine (C=N–C) groups is 1. The summed E-state index contributed by atoms with van der Waals surface area (Å²) < 4.78 is 8.26. The maximum absolute atomic E-state index is 6.01. The third kappa shape index (κ3) is 4.81. The fraction of sp³-hybridized carbons (Fsp3) is 0.346. The van der Waals surface area contributed by atoms with E-state index in [1.807, 2.05) is 11.8 Å². The number of aryl methyl sites for hydroxylation is 4. The Morgan fingerprint density at radius 3 is 2.57 bits per heavy atom. The second-order valence-corrected chi connectivity index (χ2v) is 9.33. The highest BCUT2D eigenvalue weighted by molar-refractivity contribution is 7.98. The van der Waals surface area contributed by atoms with Crippen molar-refractivity contribution in [2.75, 3.05) is 12.4 Å². The lowest BCUT2D eigenvalue weighted by molar-refractivity contribution is 0.323. The SMILES string of the molecule is Cc1cccc(CSCC2COC(c3cccn3Cc3c(C)cc(C)cc3C)=N2)c1. The highest BCUT2D eigenvalue weighted by Gasteiger charge is 2.22. The van der Waals surface area contributed by atoms with Crippen LogP contribution in [0.25, 0.3) is 0 Å². The van der Waals surface area contributed by atoms with Crippen molar-refractivity contribution in [1.29, 1.82) is 0 Å². The van der Waals surface area contributed by atoms with Gasteiger partial charge in [0, 0.05) is 24.2 Å². The molecule has 1 aliphatic heterocycles. The van der Waals surface area contributed by atoms with E-state index in [0.29, 0.717) is 6.61 Å². The second kappa shape index (κ2) is 9.13. The molecule has 0 spiro atoms. The molecule has 1 aliphatic rings. The first-order valence-electron chi connectivity index (χ1n) is 10.6. The van der Waals surface area contributed by atoms with Gasteiger partial charge in [-0.25, -0.2) is 4.99 Å². The zero-order valence-corrected chi connectivity index (χ0v) is 19.1. The molecule has 1 aromatic heterocycles. The molecule has 3 nitrogen and oxygen atoms in total. The Kier molecular flexibility index (Phi) is 6.33. The van der Waals surface area contributed by atoms with E-state index in [0.717, 1.165) is 29.6 Å². The summed E-state index contributed by atoms with van der Waals surface area (Å²) in [6.45, 7) is 10.2. The van der Waals surface area contributed by atoms with Gasteiger partial charge >= 0.3 is 0 Å². The van der Waals surface area contributed by atoms with Crippen molar-refractivity contribution < 1.29 is 4.74 Å². The molecule has 0 amide bonds. The van der Waals surface area contributed by atoms with E-state index in [2.05, 4.69) is 87.0 Å². The van der Waals surface area contributed by atoms with E-state index in [1.54, 1.807) is 0 Å². The van der Waals surface area contributed by atoms with Gasteiger partial charge in [0.25, 0.3) is 0 Å². The summed E-state index contributed by atoms with van der Waals surface area (Å²) in [6, 6.07) is 17.7. The number of thioether (sulfide) groups is 1. The maximum atomic E-state index is 6.01. The van der Waals surface area contributed by atoms with Crippen molar-refractivity contribution in [3.8, 4) is 0 Å². The largest absolute Gasteiger partial charge is 0.474 e. The highest BCUT2D eigenvalue weighted by atomic mass is 32.2. The standard InChI is InChI=1S/C26H30N2OS/c1-18-7-5-8-22(13-18)16-30-17-23-15-29-26(27-23)25-9-6-10-28(25)14-24-20(3)11-19(2)12-21(24)4/h5-13,23H,14-17H2,1-4H3. The summed E-state index contributed by atoms with van der Waals surface area (Å²) in [6.07, 6.45) is 2.12. The quantitative estimate of drug-likeness (QED) is 0.481. The minimum Gasteiger partial charge on any atom is -0.474 e. The molecule has 4 heteroatoms. The Hall–Kier alpha value is -2.46. The van der Waals surface area contributed by atoms with Crippen LogP contribution in [0, 0.1) is 27.7 Å². The molecule has 0 bridgehead atoms. The predicted octanol–water partition coefficient (Wildman–Crippen LogP) is 5.85. The molecule has 3 aromatic rings. The first kappa shape index (κ1) is 20.8. The van der Waals surface area contributed by atoms with Gasteiger partial charge in [0.15, 0.2) is 0 Å². The minimum atomic E-state index is 0.223. The van der Waals surface area contributed by atoms with Crippen LogP contribution in [0.5, 0.6) is 0 Å². The zero-order valence-electron chi connectivity index (χ0n) is 18.3. The van der Waals surface area contributed by atoms with E-state index in [4.69, 9.17) is 9.73 Å². The molecule has 2 heterocycles. The van der Waals surface area contributed by atoms with E-state index in [9.17, 15) is 0 Å². The molecular weight excluding hydrogens is 388 g/mol. The third-order valence-electron chi connectivity index (χ3n) is 5.59. The van der Waals surface area contributed by atoms with Gasteiger partial charge in [-0.05, 0) is 62.1 Å². The van der Waals surface area contributed by atoms with Crippen LogP contribution >= 0.6 is 11.8 Å². The summed E-state index contributed by atoms with van der Waals surface area (Å²) in [5, 5.41) is 0. The van der Waals surface area contributed by atoms with Crippen molar-refractivity contribution in [2.24, 2.45) is 4.99 Å². The van der Waals surface area contributed by atoms with E-state index in [-0.39, 0.29) is 6.04 Å². The van der Waals surface area contributed by atoms with Crippen LogP contribution in [0.4, 0.5) is 0 Å². The number of hydrogen-bond donors (Lipinski definition) is 0. The van der Waals surface area contributed by atoms with E-state index in [1.165, 1.54) is 33.4 Å². The van der Waals surface area contributed by atoms with Gasteiger partial charge in [-0.15, -0.1) is 0 Å². The van der Waals surface area contributed by atoms with Crippen molar-refractivity contribution in [3.63, 3.8) is 0 Å². The van der Waals surface area contributed by atoms with Crippen molar-refractivity contribution >= 4 is 17.7 Å². The van der Waals surface area contributed by atoms with Crippen LogP contribution in [0.15, 0.2) is 59.7 Å². The van der Waals surface area contributed by atoms with E-state index >= 15 is 0 Å². The first-order chi connectivity index (χ1) is 14.5. The average molecular weight is 419 g/mol. The van der Waals surface area contributed by atoms with Gasteiger partial charge < -0.3 is 9.30 Å². The summed E-state index contributed by atoms with van der Waals surface area (Å²) in [7, 11) is 0. The molecule has 0 saturated heterocycles. The molecular formula is C26H30N2OS. The van der Waals surface area contributed by atoms with Gasteiger partial charge in [0.05, 0.1) is 6.04 Å². The summed E-state index contributed by atoms with van der Waals surface area (Å²) >= 11 is 1.93. The lowest BCUT2D eigenvalue weighted by atomic mass is 10.00. The molecule has 1 atom stereocenters. The Morgan fingerprint density at radius 2 is 1.80 bits per heavy atom. The highest BCUT2D eigenvalue weighted by Crippen LogP contribution is 2.22. The van der Waals surface area contributed by atoms with Gasteiger partial charge in [-0.3, -0.25) is 0 Å². The number of hydrogen-bond acceptors (Lipinski definition) is 3. The molecule has 30 heavy (non-hydrogen) atoms. The topological polar surface area (TPSA) is 26.5 Å². The van der Waals surface area contributed by atoms with Crippen LogP contribution in [0.1, 0.15) is 39.1 Å². The number of aromatic nitrogens is 1. The van der Waals surface area contributed by atoms with Crippen LogP contribution < -0.4 is 0 Å². The predicted molar refractivity (Wildman–Crippen MR) is 128 cm³/mol. The lowest BCUT2D eigenvalue weighted by Gasteiger charge is -2.14. The molecule has 0 N–H and O–H groups in total. The molecule has 0 saturated carbocycles. The molecule has 1 unspecified atom stereocenters. The summed E-state index contributed by atoms with van der Waals surface area (Å²) in [5.74, 6) is 2.78. The van der Waals surface area contributed by atoms with Gasteiger partial charge in [-0.2, -0.15) is 11.8 Å². The number of ether oxygens (including phenoxy) is 1. The number of benzene rings is 2. The fourth-order valence-corrected chi connectivity index (χ4v) is 5.11. The third-order valence-corrected chi connectivity index (χ3v) is 6.75. The van der Waals surface area contributed by atoms with Crippen molar-refractivity contribution in [3.05, 3.63) is 93.8 Å². The van der Waals surface area contributed by atoms with Crippen molar-refractivity contribution in [2.45, 2.75) is 46.0 Å². The van der Waals surface area contributed by atoms with Gasteiger partial charge in [-0.1, -0.05) is 47.5 Å². The average Bonchev–Trinajstić information content (AvgIpc) is 3.34. The van der Waals surface area contributed by atoms with E-state index < -0.39 is 0 Å². The normalized spacial score (nSPS) is 15.9. The molecule has 2 aromatic carbocycles. The van der Waals surface area contributed by atoms with Gasteiger partial charge in [0.2, 0.25) is 5.90 Å². The minimum absolute atomic E-state index is 0.223. The number of rotatable bonds is 7. The Labute approximate surface area is 184 Å². The zero-order chi connectivity index (χ0) is 21.1.